The van der Waals surface area contributed by atoms with Gasteiger partial charge in [0.2, 0.25) is 0 Å². The molecule has 24 heavy (non-hydrogen) atoms. The van der Waals surface area contributed by atoms with Crippen molar-refractivity contribution < 1.29 is 13.2 Å². The number of hydrogen-bond donors (Lipinski definition) is 0. The predicted octanol–water partition coefficient (Wildman–Crippen LogP) is 4.35. The number of benzene rings is 2. The van der Waals surface area contributed by atoms with Gasteiger partial charge in [-0.25, -0.2) is 4.98 Å². The van der Waals surface area contributed by atoms with Gasteiger partial charge in [-0.05, 0) is 42.0 Å². The first-order chi connectivity index (χ1) is 11.5. The summed E-state index contributed by atoms with van der Waals surface area (Å²) in [7, 11) is 0. The summed E-state index contributed by atoms with van der Waals surface area (Å²) in [5.41, 5.74) is 1.47. The molecule has 3 aromatic rings. The Morgan fingerprint density at radius 3 is 2.25 bits per heavy atom. The minimum Gasteiger partial charge on any atom is -0.303 e. The van der Waals surface area contributed by atoms with E-state index in [2.05, 4.69) is 11.1 Å². The quantitative estimate of drug-likeness (QED) is 0.717. The normalized spacial score (nSPS) is 11.2. The highest BCUT2D eigenvalue weighted by molar-refractivity contribution is 5.38. The number of nitriles is 1. The van der Waals surface area contributed by atoms with Crippen LogP contribution in [0, 0.1) is 11.3 Å². The summed E-state index contributed by atoms with van der Waals surface area (Å²) in [6, 6.07) is 14.1. The van der Waals surface area contributed by atoms with Gasteiger partial charge in [-0.1, -0.05) is 12.1 Å². The fraction of sp³-hybridized carbons (Fsp3) is 0.111. The monoisotopic (exact) mass is 327 g/mol. The van der Waals surface area contributed by atoms with E-state index in [0.717, 1.165) is 17.7 Å². The van der Waals surface area contributed by atoms with E-state index in [1.165, 1.54) is 12.1 Å². The van der Waals surface area contributed by atoms with E-state index in [1.807, 2.05) is 12.1 Å². The van der Waals surface area contributed by atoms with E-state index in [0.29, 0.717) is 23.5 Å². The van der Waals surface area contributed by atoms with Crippen molar-refractivity contribution >= 4 is 0 Å². The molecule has 0 aliphatic carbocycles. The Morgan fingerprint density at radius 2 is 1.67 bits per heavy atom. The van der Waals surface area contributed by atoms with E-state index >= 15 is 0 Å². The zero-order valence-corrected chi connectivity index (χ0v) is 12.5. The number of hydrogen-bond acceptors (Lipinski definition) is 2. The third-order valence-corrected chi connectivity index (χ3v) is 3.64. The molecule has 0 N–H and O–H groups in total. The molecule has 2 aromatic carbocycles. The van der Waals surface area contributed by atoms with Crippen LogP contribution in [0.1, 0.15) is 22.5 Å². The molecular formula is C18H12F3N3. The molecule has 1 aromatic heterocycles. The Hall–Kier alpha value is -3.07. The summed E-state index contributed by atoms with van der Waals surface area (Å²) in [6.45, 7) is 0. The van der Waals surface area contributed by atoms with E-state index in [1.54, 1.807) is 29.1 Å². The molecule has 0 spiro atoms. The summed E-state index contributed by atoms with van der Waals surface area (Å²) in [5, 5.41) is 8.81. The lowest BCUT2D eigenvalue weighted by Gasteiger charge is -2.10. The maximum atomic E-state index is 12.6. The highest BCUT2D eigenvalue weighted by Crippen LogP contribution is 2.29. The Labute approximate surface area is 136 Å². The maximum absolute atomic E-state index is 12.6. The van der Waals surface area contributed by atoms with E-state index in [-0.39, 0.29) is 0 Å². The lowest BCUT2D eigenvalue weighted by atomic mass is 10.1. The standard InChI is InChI=1S/C18H12F3N3/c19-18(20,21)15-5-7-16(8-6-15)24-10-9-23-17(24)11-13-1-3-14(12-22)4-2-13/h1-10H,11H2. The van der Waals surface area contributed by atoms with Gasteiger partial charge in [0.25, 0.3) is 0 Å². The summed E-state index contributed by atoms with van der Waals surface area (Å²) >= 11 is 0. The average Bonchev–Trinajstić information content (AvgIpc) is 3.03. The van der Waals surface area contributed by atoms with Gasteiger partial charge in [0.15, 0.2) is 0 Å². The van der Waals surface area contributed by atoms with Gasteiger partial charge in [0.1, 0.15) is 5.82 Å². The van der Waals surface area contributed by atoms with Crippen LogP contribution in [0.25, 0.3) is 5.69 Å². The van der Waals surface area contributed by atoms with Crippen LogP contribution in [-0.4, -0.2) is 9.55 Å². The van der Waals surface area contributed by atoms with Crippen LogP contribution in [0.15, 0.2) is 60.9 Å². The molecule has 3 rings (SSSR count). The van der Waals surface area contributed by atoms with Crippen molar-refractivity contribution in [2.45, 2.75) is 12.6 Å². The highest BCUT2D eigenvalue weighted by atomic mass is 19.4. The third kappa shape index (κ3) is 3.30. The predicted molar refractivity (Wildman–Crippen MR) is 82.5 cm³/mol. The second kappa shape index (κ2) is 6.20. The molecular weight excluding hydrogens is 315 g/mol. The van der Waals surface area contributed by atoms with Gasteiger partial charge < -0.3 is 4.57 Å². The fourth-order valence-electron chi connectivity index (χ4n) is 2.39. The van der Waals surface area contributed by atoms with Crippen LogP contribution < -0.4 is 0 Å². The lowest BCUT2D eigenvalue weighted by Crippen LogP contribution is -2.06. The van der Waals surface area contributed by atoms with Crippen LogP contribution >= 0.6 is 0 Å². The van der Waals surface area contributed by atoms with Crippen molar-refractivity contribution in [2.75, 3.05) is 0 Å². The Morgan fingerprint density at radius 1 is 1.00 bits per heavy atom. The summed E-state index contributed by atoms with van der Waals surface area (Å²) in [6.07, 6.45) is -0.517. The molecule has 0 amide bonds. The van der Waals surface area contributed by atoms with E-state index < -0.39 is 11.7 Å². The van der Waals surface area contributed by atoms with Crippen LogP contribution in [0.5, 0.6) is 0 Å². The number of imidazole rings is 1. The SMILES string of the molecule is N#Cc1ccc(Cc2nccn2-c2ccc(C(F)(F)F)cc2)cc1. The molecule has 0 saturated heterocycles. The molecule has 0 aliphatic heterocycles. The first kappa shape index (κ1) is 15.8. The summed E-state index contributed by atoms with van der Waals surface area (Å²) in [4.78, 5) is 4.28. The molecule has 0 fully saturated rings. The lowest BCUT2D eigenvalue weighted by molar-refractivity contribution is -0.137. The minimum absolute atomic E-state index is 0.514. The molecule has 1 heterocycles. The van der Waals surface area contributed by atoms with Crippen molar-refractivity contribution in [3.63, 3.8) is 0 Å². The molecule has 0 bridgehead atoms. The van der Waals surface area contributed by atoms with Crippen molar-refractivity contribution in [1.82, 2.24) is 9.55 Å². The number of aromatic nitrogens is 2. The van der Waals surface area contributed by atoms with E-state index in [4.69, 9.17) is 5.26 Å². The van der Waals surface area contributed by atoms with Crippen molar-refractivity contribution in [3.8, 4) is 11.8 Å². The van der Waals surface area contributed by atoms with Crippen LogP contribution in [-0.2, 0) is 12.6 Å². The number of nitrogens with zero attached hydrogens (tertiary/aromatic N) is 3. The molecule has 0 radical (unpaired) electrons. The van der Waals surface area contributed by atoms with Crippen molar-refractivity contribution in [1.29, 1.82) is 5.26 Å². The van der Waals surface area contributed by atoms with Gasteiger partial charge in [0, 0.05) is 24.5 Å². The number of rotatable bonds is 3. The van der Waals surface area contributed by atoms with Gasteiger partial charge in [-0.15, -0.1) is 0 Å². The van der Waals surface area contributed by atoms with Crippen LogP contribution in [0.3, 0.4) is 0 Å². The van der Waals surface area contributed by atoms with Gasteiger partial charge in [-0.3, -0.25) is 0 Å². The summed E-state index contributed by atoms with van der Waals surface area (Å²) < 4.78 is 39.7. The number of halogens is 3. The Kier molecular flexibility index (Phi) is 4.09. The molecule has 0 aliphatic rings. The second-order valence-electron chi connectivity index (χ2n) is 5.24. The van der Waals surface area contributed by atoms with Gasteiger partial charge in [-0.2, -0.15) is 18.4 Å². The minimum atomic E-state index is -4.35. The molecule has 120 valence electrons. The zero-order chi connectivity index (χ0) is 17.2. The van der Waals surface area contributed by atoms with Crippen LogP contribution in [0.4, 0.5) is 13.2 Å². The molecule has 6 heteroatoms. The first-order valence-corrected chi connectivity index (χ1v) is 7.16. The molecule has 0 saturated carbocycles. The third-order valence-electron chi connectivity index (χ3n) is 3.64. The van der Waals surface area contributed by atoms with Gasteiger partial charge in [0.05, 0.1) is 17.2 Å². The largest absolute Gasteiger partial charge is 0.416 e. The maximum Gasteiger partial charge on any atom is 0.416 e. The average molecular weight is 327 g/mol. The second-order valence-corrected chi connectivity index (χ2v) is 5.24. The smallest absolute Gasteiger partial charge is 0.303 e. The van der Waals surface area contributed by atoms with Crippen LogP contribution in [0.2, 0.25) is 0 Å². The Bertz CT molecular complexity index is 870. The highest BCUT2D eigenvalue weighted by Gasteiger charge is 2.30. The Balaban J connectivity index is 1.86. The first-order valence-electron chi connectivity index (χ1n) is 7.16. The molecule has 0 atom stereocenters. The zero-order valence-electron chi connectivity index (χ0n) is 12.5. The summed E-state index contributed by atoms with van der Waals surface area (Å²) in [5.74, 6) is 0.708. The molecule has 0 unspecified atom stereocenters. The van der Waals surface area contributed by atoms with Crippen molar-refractivity contribution in [3.05, 3.63) is 83.4 Å². The van der Waals surface area contributed by atoms with E-state index in [9.17, 15) is 13.2 Å². The fourth-order valence-corrected chi connectivity index (χ4v) is 2.39. The van der Waals surface area contributed by atoms with Crippen molar-refractivity contribution in [2.24, 2.45) is 0 Å². The number of alkyl halides is 3. The van der Waals surface area contributed by atoms with Gasteiger partial charge >= 0.3 is 6.18 Å². The molecule has 3 nitrogen and oxygen atoms in total. The topological polar surface area (TPSA) is 41.6 Å².